The topological polar surface area (TPSA) is 58.6 Å². The highest BCUT2D eigenvalue weighted by Crippen LogP contribution is 2.22. The quantitative estimate of drug-likeness (QED) is 0.564. The minimum absolute atomic E-state index is 0.0503. The van der Waals surface area contributed by atoms with Crippen LogP contribution in [0.15, 0.2) is 60.7 Å². The average molecular weight is 437 g/mol. The van der Waals surface area contributed by atoms with Crippen LogP contribution in [-0.2, 0) is 22.5 Å². The molecule has 7 heteroatoms. The van der Waals surface area contributed by atoms with Gasteiger partial charge in [0.15, 0.2) is 0 Å². The van der Waals surface area contributed by atoms with Gasteiger partial charge < -0.3 is 14.5 Å². The summed E-state index contributed by atoms with van der Waals surface area (Å²) in [5.41, 5.74) is 2.31. The molecular formula is C24H28N4O2S. The third-order valence-electron chi connectivity index (χ3n) is 5.25. The highest BCUT2D eigenvalue weighted by Gasteiger charge is 2.27. The van der Waals surface area contributed by atoms with Crippen molar-refractivity contribution in [1.29, 1.82) is 0 Å². The number of ether oxygens (including phenoxy) is 1. The summed E-state index contributed by atoms with van der Waals surface area (Å²) in [6, 6.07) is 20.4. The fourth-order valence-corrected chi connectivity index (χ4v) is 4.55. The molecule has 2 aromatic carbocycles. The summed E-state index contributed by atoms with van der Waals surface area (Å²) in [5, 5.41) is 0.775. The molecule has 0 aliphatic carbocycles. The number of anilines is 1. The maximum atomic E-state index is 13.1. The standard InChI is InChI=1S/C24H28N4O2S/c1-18-14-27(15-19(2)30-18)23(29)17-28(16-21-11-7-4-8-12-21)24-25-22(26-31-24)13-20-9-5-3-6-10-20/h3-12,18-19H,13-17H2,1-2H3. The van der Waals surface area contributed by atoms with Crippen molar-refractivity contribution >= 4 is 22.6 Å². The third-order valence-corrected chi connectivity index (χ3v) is 6.06. The van der Waals surface area contributed by atoms with E-state index in [9.17, 15) is 4.79 Å². The van der Waals surface area contributed by atoms with Crippen LogP contribution in [-0.4, -0.2) is 52.0 Å². The molecule has 1 aliphatic heterocycles. The van der Waals surface area contributed by atoms with Gasteiger partial charge in [0.25, 0.3) is 0 Å². The summed E-state index contributed by atoms with van der Waals surface area (Å²) in [7, 11) is 0. The van der Waals surface area contributed by atoms with E-state index >= 15 is 0 Å². The Bertz CT molecular complexity index is 970. The second kappa shape index (κ2) is 10.0. The molecule has 0 N–H and O–H groups in total. The van der Waals surface area contributed by atoms with Crippen molar-refractivity contribution in [3.8, 4) is 0 Å². The highest BCUT2D eigenvalue weighted by atomic mass is 32.1. The largest absolute Gasteiger partial charge is 0.372 e. The number of hydrogen-bond acceptors (Lipinski definition) is 6. The monoisotopic (exact) mass is 436 g/mol. The summed E-state index contributed by atoms with van der Waals surface area (Å²) >= 11 is 1.36. The van der Waals surface area contributed by atoms with Crippen LogP contribution in [0.5, 0.6) is 0 Å². The van der Waals surface area contributed by atoms with Gasteiger partial charge in [-0.1, -0.05) is 60.7 Å². The molecule has 1 aliphatic rings. The van der Waals surface area contributed by atoms with Gasteiger partial charge >= 0.3 is 0 Å². The van der Waals surface area contributed by atoms with E-state index < -0.39 is 0 Å². The zero-order valence-electron chi connectivity index (χ0n) is 18.0. The van der Waals surface area contributed by atoms with Crippen molar-refractivity contribution in [2.75, 3.05) is 24.5 Å². The molecule has 3 aromatic rings. The summed E-state index contributed by atoms with van der Waals surface area (Å²) in [6.45, 7) is 6.16. The van der Waals surface area contributed by atoms with Crippen molar-refractivity contribution in [3.63, 3.8) is 0 Å². The molecule has 1 aromatic heterocycles. The lowest BCUT2D eigenvalue weighted by molar-refractivity contribution is -0.141. The van der Waals surface area contributed by atoms with Crippen LogP contribution >= 0.6 is 11.5 Å². The second-order valence-electron chi connectivity index (χ2n) is 8.05. The molecule has 1 amide bonds. The SMILES string of the molecule is CC1CN(C(=O)CN(Cc2ccccc2)c2nc(Cc3ccccc3)ns2)CC(C)O1. The van der Waals surface area contributed by atoms with Gasteiger partial charge in [-0.2, -0.15) is 4.37 Å². The van der Waals surface area contributed by atoms with Crippen LogP contribution in [0.1, 0.15) is 30.8 Å². The van der Waals surface area contributed by atoms with Crippen LogP contribution in [0.2, 0.25) is 0 Å². The van der Waals surface area contributed by atoms with E-state index in [1.165, 1.54) is 17.1 Å². The minimum atomic E-state index is 0.0503. The van der Waals surface area contributed by atoms with E-state index in [0.29, 0.717) is 26.1 Å². The van der Waals surface area contributed by atoms with Gasteiger partial charge in [0.2, 0.25) is 11.0 Å². The molecule has 2 atom stereocenters. The van der Waals surface area contributed by atoms with Crippen LogP contribution in [0, 0.1) is 0 Å². The van der Waals surface area contributed by atoms with E-state index in [1.807, 2.05) is 60.0 Å². The first-order chi connectivity index (χ1) is 15.1. The minimum Gasteiger partial charge on any atom is -0.372 e. The van der Waals surface area contributed by atoms with E-state index in [-0.39, 0.29) is 24.7 Å². The molecule has 162 valence electrons. The Morgan fingerprint density at radius 2 is 1.65 bits per heavy atom. The molecule has 0 spiro atoms. The molecule has 4 rings (SSSR count). The van der Waals surface area contributed by atoms with Crippen LogP contribution in [0.4, 0.5) is 5.13 Å². The molecule has 0 saturated carbocycles. The maximum Gasteiger partial charge on any atom is 0.242 e. The Hall–Kier alpha value is -2.77. The molecule has 6 nitrogen and oxygen atoms in total. The Morgan fingerprint density at radius 1 is 1.03 bits per heavy atom. The van der Waals surface area contributed by atoms with Gasteiger partial charge in [0.05, 0.1) is 18.8 Å². The Morgan fingerprint density at radius 3 is 2.29 bits per heavy atom. The maximum absolute atomic E-state index is 13.1. The lowest BCUT2D eigenvalue weighted by Crippen LogP contribution is -2.51. The highest BCUT2D eigenvalue weighted by molar-refractivity contribution is 7.09. The lowest BCUT2D eigenvalue weighted by Gasteiger charge is -2.36. The molecular weight excluding hydrogens is 408 g/mol. The van der Waals surface area contributed by atoms with Crippen LogP contribution in [0.3, 0.4) is 0 Å². The fourth-order valence-electron chi connectivity index (χ4n) is 3.86. The number of amides is 1. The molecule has 1 saturated heterocycles. The summed E-state index contributed by atoms with van der Waals surface area (Å²) in [5.74, 6) is 0.878. The molecule has 1 fully saturated rings. The molecule has 0 radical (unpaired) electrons. The Kier molecular flexibility index (Phi) is 6.94. The Labute approximate surface area is 187 Å². The summed E-state index contributed by atoms with van der Waals surface area (Å²) < 4.78 is 10.3. The van der Waals surface area contributed by atoms with Crippen LogP contribution in [0.25, 0.3) is 0 Å². The first kappa shape index (κ1) is 21.5. The Balaban J connectivity index is 1.51. The van der Waals surface area contributed by atoms with Gasteiger partial charge in [0.1, 0.15) is 5.82 Å². The smallest absolute Gasteiger partial charge is 0.242 e. The number of hydrogen-bond donors (Lipinski definition) is 0. The molecule has 31 heavy (non-hydrogen) atoms. The van der Waals surface area contributed by atoms with E-state index in [2.05, 4.69) is 28.6 Å². The third kappa shape index (κ3) is 5.89. The lowest BCUT2D eigenvalue weighted by atomic mass is 10.1. The number of morpholine rings is 1. The predicted octanol–water partition coefficient (Wildman–Crippen LogP) is 3.77. The number of nitrogens with zero attached hydrogens (tertiary/aromatic N) is 4. The van der Waals surface area contributed by atoms with Gasteiger partial charge in [-0.3, -0.25) is 4.79 Å². The summed E-state index contributed by atoms with van der Waals surface area (Å²) in [4.78, 5) is 21.9. The normalized spacial score (nSPS) is 18.7. The van der Waals surface area contributed by atoms with Gasteiger partial charge in [-0.15, -0.1) is 0 Å². The first-order valence-corrected chi connectivity index (χ1v) is 11.4. The number of carbonyl (C=O) groups excluding carboxylic acids is 1. The molecule has 2 heterocycles. The molecule has 0 bridgehead atoms. The van der Waals surface area contributed by atoms with E-state index in [4.69, 9.17) is 9.72 Å². The van der Waals surface area contributed by atoms with E-state index in [0.717, 1.165) is 16.5 Å². The fraction of sp³-hybridized carbons (Fsp3) is 0.375. The predicted molar refractivity (Wildman–Crippen MR) is 123 cm³/mol. The van der Waals surface area contributed by atoms with Crippen molar-refractivity contribution in [2.45, 2.75) is 39.0 Å². The van der Waals surface area contributed by atoms with Crippen molar-refractivity contribution in [2.24, 2.45) is 0 Å². The first-order valence-electron chi connectivity index (χ1n) is 10.7. The number of aromatic nitrogens is 2. The van der Waals surface area contributed by atoms with Crippen LogP contribution < -0.4 is 4.90 Å². The second-order valence-corrected chi connectivity index (χ2v) is 8.78. The van der Waals surface area contributed by atoms with Crippen molar-refractivity contribution < 1.29 is 9.53 Å². The summed E-state index contributed by atoms with van der Waals surface area (Å²) in [6.07, 6.45) is 0.784. The number of rotatable bonds is 7. The van der Waals surface area contributed by atoms with Gasteiger partial charge in [-0.05, 0) is 25.0 Å². The van der Waals surface area contributed by atoms with Crippen molar-refractivity contribution in [1.82, 2.24) is 14.3 Å². The number of benzene rings is 2. The molecule has 2 unspecified atom stereocenters. The zero-order chi connectivity index (χ0) is 21.6. The average Bonchev–Trinajstić information content (AvgIpc) is 3.22. The van der Waals surface area contributed by atoms with E-state index in [1.54, 1.807) is 0 Å². The van der Waals surface area contributed by atoms with Crippen molar-refractivity contribution in [3.05, 3.63) is 77.6 Å². The number of carbonyl (C=O) groups is 1. The van der Waals surface area contributed by atoms with Gasteiger partial charge in [0, 0.05) is 37.6 Å². The zero-order valence-corrected chi connectivity index (χ0v) is 18.8. The van der Waals surface area contributed by atoms with Gasteiger partial charge in [-0.25, -0.2) is 4.98 Å².